The fourth-order valence-corrected chi connectivity index (χ4v) is 5.02. The Kier molecular flexibility index (Phi) is 12.7. The molecule has 0 aromatic rings. The summed E-state index contributed by atoms with van der Waals surface area (Å²) in [7, 11) is -3.54. The maximum atomic E-state index is 13.1. The number of hydrogen-bond acceptors (Lipinski definition) is 4. The Morgan fingerprint density at radius 1 is 0.875 bits per heavy atom. The molecule has 0 aliphatic rings. The van der Waals surface area contributed by atoms with Crippen LogP contribution in [0.4, 0.5) is 0 Å². The lowest BCUT2D eigenvalue weighted by Crippen LogP contribution is -2.31. The van der Waals surface area contributed by atoms with Crippen molar-refractivity contribution in [3.05, 3.63) is 0 Å². The molecule has 0 saturated carbocycles. The maximum absolute atomic E-state index is 13.1. The molecule has 1 unspecified atom stereocenters. The monoisotopic (exact) mass is 363 g/mol. The molecule has 6 heteroatoms. The van der Waals surface area contributed by atoms with Crippen LogP contribution in [0.25, 0.3) is 0 Å². The number of hydrogen-bond donors (Lipinski definition) is 1. The molecule has 0 fully saturated rings. The molecule has 2 N–H and O–H groups in total. The third-order valence-electron chi connectivity index (χ3n) is 3.76. The summed E-state index contributed by atoms with van der Waals surface area (Å²) in [5, 5.41) is 0. The first kappa shape index (κ1) is 23.6. The van der Waals surface area contributed by atoms with Gasteiger partial charge in [-0.1, -0.05) is 58.3 Å². The van der Waals surface area contributed by atoms with Gasteiger partial charge < -0.3 is 14.8 Å². The van der Waals surface area contributed by atoms with E-state index < -0.39 is 19.2 Å². The molecule has 0 saturated heterocycles. The van der Waals surface area contributed by atoms with Gasteiger partial charge in [-0.25, -0.2) is 0 Å². The predicted octanol–water partition coefficient (Wildman–Crippen LogP) is 5.41. The van der Waals surface area contributed by atoms with Crippen LogP contribution in [0.1, 0.15) is 92.4 Å². The second kappa shape index (κ2) is 12.9. The summed E-state index contributed by atoms with van der Waals surface area (Å²) in [4.78, 5) is 11.8. The number of carbonyl (C=O) groups is 1. The molecule has 0 aliphatic heterocycles. The third kappa shape index (κ3) is 10.5. The van der Waals surface area contributed by atoms with Gasteiger partial charge in [0.2, 0.25) is 5.91 Å². The van der Waals surface area contributed by atoms with E-state index in [2.05, 4.69) is 6.92 Å². The van der Waals surface area contributed by atoms with E-state index in [9.17, 15) is 9.36 Å². The second-order valence-electron chi connectivity index (χ2n) is 7.03. The Bertz CT molecular complexity index is 371. The number of amides is 1. The van der Waals surface area contributed by atoms with Crippen LogP contribution in [-0.2, 0) is 18.4 Å². The van der Waals surface area contributed by atoms with E-state index in [1.165, 1.54) is 32.1 Å². The van der Waals surface area contributed by atoms with Gasteiger partial charge in [0.05, 0.1) is 12.2 Å². The molecule has 0 spiro atoms. The quantitative estimate of drug-likeness (QED) is 0.311. The molecular formula is C18H38NO4P. The Balaban J connectivity index is 4.48. The van der Waals surface area contributed by atoms with E-state index >= 15 is 0 Å². The predicted molar refractivity (Wildman–Crippen MR) is 100 cm³/mol. The summed E-state index contributed by atoms with van der Waals surface area (Å²) in [5.74, 6) is -0.595. The van der Waals surface area contributed by atoms with Gasteiger partial charge in [-0.15, -0.1) is 0 Å². The lowest BCUT2D eigenvalue weighted by Gasteiger charge is -2.28. The van der Waals surface area contributed by atoms with E-state index in [1.807, 2.05) is 0 Å². The maximum Gasteiger partial charge on any atom is 0.343 e. The first-order valence-electron chi connectivity index (χ1n) is 9.48. The first-order valence-corrected chi connectivity index (χ1v) is 11.1. The molecule has 0 aromatic carbocycles. The lowest BCUT2D eigenvalue weighted by atomic mass is 10.1. The minimum Gasteiger partial charge on any atom is -0.369 e. The van der Waals surface area contributed by atoms with E-state index in [-0.39, 0.29) is 12.2 Å². The summed E-state index contributed by atoms with van der Waals surface area (Å²) in [6.07, 6.45) is 9.17. The number of unbranched alkanes of at least 4 members (excludes halogenated alkanes) is 7. The van der Waals surface area contributed by atoms with Gasteiger partial charge in [-0.2, -0.15) is 0 Å². The Hall–Kier alpha value is -0.380. The van der Waals surface area contributed by atoms with Crippen molar-refractivity contribution in [2.75, 3.05) is 0 Å². The fraction of sp³-hybridized carbons (Fsp3) is 0.944. The Morgan fingerprint density at radius 2 is 1.29 bits per heavy atom. The summed E-state index contributed by atoms with van der Waals surface area (Å²) in [5.41, 5.74) is 4.64. The van der Waals surface area contributed by atoms with Crippen LogP contribution in [0.3, 0.4) is 0 Å². The van der Waals surface area contributed by atoms with Crippen LogP contribution >= 0.6 is 7.60 Å². The molecule has 144 valence electrons. The van der Waals surface area contributed by atoms with Crippen molar-refractivity contribution < 1.29 is 18.4 Å². The fourth-order valence-electron chi connectivity index (χ4n) is 2.69. The molecule has 5 nitrogen and oxygen atoms in total. The zero-order valence-electron chi connectivity index (χ0n) is 16.3. The van der Waals surface area contributed by atoms with Crippen molar-refractivity contribution in [3.8, 4) is 0 Å². The molecule has 24 heavy (non-hydrogen) atoms. The zero-order chi connectivity index (χ0) is 18.6. The molecule has 1 amide bonds. The molecule has 0 bridgehead atoms. The average Bonchev–Trinajstić information content (AvgIpc) is 2.43. The van der Waals surface area contributed by atoms with E-state index in [0.717, 1.165) is 19.3 Å². The Labute approximate surface area is 148 Å². The van der Waals surface area contributed by atoms with Crippen LogP contribution in [0, 0.1) is 0 Å². The average molecular weight is 363 g/mol. The highest BCUT2D eigenvalue weighted by Crippen LogP contribution is 2.56. The number of rotatable bonds is 15. The normalized spacial score (nSPS) is 13.6. The van der Waals surface area contributed by atoms with Crippen LogP contribution in [-0.4, -0.2) is 23.8 Å². The zero-order valence-corrected chi connectivity index (χ0v) is 17.1. The Morgan fingerprint density at radius 3 is 1.67 bits per heavy atom. The van der Waals surface area contributed by atoms with Gasteiger partial charge in [0.25, 0.3) is 0 Å². The molecule has 0 heterocycles. The minimum atomic E-state index is -3.54. The molecule has 0 rings (SSSR count). The van der Waals surface area contributed by atoms with Crippen LogP contribution in [0.15, 0.2) is 0 Å². The summed E-state index contributed by atoms with van der Waals surface area (Å²) in [6.45, 7) is 9.34. The first-order chi connectivity index (χ1) is 11.2. The topological polar surface area (TPSA) is 78.6 Å². The van der Waals surface area contributed by atoms with Crippen molar-refractivity contribution in [2.45, 2.75) is 110 Å². The molecule has 0 aromatic heterocycles. The van der Waals surface area contributed by atoms with Gasteiger partial charge in [-0.05, 0) is 34.1 Å². The van der Waals surface area contributed by atoms with Gasteiger partial charge in [0.1, 0.15) is 5.66 Å². The van der Waals surface area contributed by atoms with E-state index in [4.69, 9.17) is 14.8 Å². The molecule has 0 radical (unpaired) electrons. The summed E-state index contributed by atoms with van der Waals surface area (Å²) < 4.78 is 24.1. The van der Waals surface area contributed by atoms with Crippen molar-refractivity contribution in [2.24, 2.45) is 5.73 Å². The van der Waals surface area contributed by atoms with Crippen molar-refractivity contribution in [1.29, 1.82) is 0 Å². The lowest BCUT2D eigenvalue weighted by molar-refractivity contribution is -0.118. The van der Waals surface area contributed by atoms with E-state index in [1.54, 1.807) is 27.7 Å². The number of nitrogens with two attached hydrogens (primary N) is 1. The van der Waals surface area contributed by atoms with E-state index in [0.29, 0.717) is 6.42 Å². The number of primary amides is 1. The largest absolute Gasteiger partial charge is 0.369 e. The van der Waals surface area contributed by atoms with Gasteiger partial charge in [0, 0.05) is 0 Å². The standard InChI is InChI=1S/C18H38NO4P/c1-6-7-8-9-10-11-12-13-14-17(18(19)20)24(21,22-15(2)3)23-16(4)5/h15-17H,6-14H2,1-5H3,(H2,19,20). The van der Waals surface area contributed by atoms with Crippen molar-refractivity contribution in [3.63, 3.8) is 0 Å². The molecule has 1 atom stereocenters. The highest BCUT2D eigenvalue weighted by atomic mass is 31.2. The third-order valence-corrected chi connectivity index (χ3v) is 6.46. The van der Waals surface area contributed by atoms with Crippen LogP contribution in [0.2, 0.25) is 0 Å². The van der Waals surface area contributed by atoms with Crippen molar-refractivity contribution in [1.82, 2.24) is 0 Å². The van der Waals surface area contributed by atoms with Crippen LogP contribution in [0.5, 0.6) is 0 Å². The van der Waals surface area contributed by atoms with Gasteiger partial charge in [-0.3, -0.25) is 9.36 Å². The summed E-state index contributed by atoms with van der Waals surface area (Å²) >= 11 is 0. The van der Waals surface area contributed by atoms with Crippen LogP contribution < -0.4 is 5.73 Å². The van der Waals surface area contributed by atoms with Crippen molar-refractivity contribution >= 4 is 13.5 Å². The highest BCUT2D eigenvalue weighted by Gasteiger charge is 2.41. The van der Waals surface area contributed by atoms with Gasteiger partial charge >= 0.3 is 7.60 Å². The SMILES string of the molecule is CCCCCCCCCCC(C(N)=O)P(=O)(OC(C)C)OC(C)C. The summed E-state index contributed by atoms with van der Waals surface area (Å²) in [6, 6.07) is 0. The number of carbonyl (C=O) groups excluding carboxylic acids is 1. The highest BCUT2D eigenvalue weighted by molar-refractivity contribution is 7.55. The molecular weight excluding hydrogens is 325 g/mol. The molecule has 0 aliphatic carbocycles. The smallest absolute Gasteiger partial charge is 0.343 e. The second-order valence-corrected chi connectivity index (χ2v) is 9.15. The van der Waals surface area contributed by atoms with Gasteiger partial charge in [0.15, 0.2) is 0 Å². The minimum absolute atomic E-state index is 0.282.